The molecule has 1 amide bonds. The van der Waals surface area contributed by atoms with Crippen LogP contribution in [-0.4, -0.2) is 23.0 Å². The number of halogens is 1. The van der Waals surface area contributed by atoms with Gasteiger partial charge in [-0.05, 0) is 38.1 Å². The molecule has 0 aromatic heterocycles. The molecular weight excluding hydrogens is 239 g/mol. The van der Waals surface area contributed by atoms with Gasteiger partial charge in [-0.3, -0.25) is 4.79 Å². The highest BCUT2D eigenvalue weighted by Crippen LogP contribution is 2.12. The number of nitrogens with one attached hydrogen (secondary N) is 1. The molecular formula is C12H17FN2OS. The van der Waals surface area contributed by atoms with Crippen LogP contribution in [0.15, 0.2) is 24.3 Å². The van der Waals surface area contributed by atoms with Gasteiger partial charge in [0.2, 0.25) is 5.91 Å². The van der Waals surface area contributed by atoms with Crippen molar-refractivity contribution in [2.75, 3.05) is 16.8 Å². The molecule has 1 rings (SSSR count). The highest BCUT2D eigenvalue weighted by molar-refractivity contribution is 8.00. The molecule has 0 saturated heterocycles. The van der Waals surface area contributed by atoms with Crippen molar-refractivity contribution >= 4 is 23.4 Å². The second kappa shape index (κ2) is 6.02. The normalized spacial score (nSPS) is 11.3. The number of hydrogen-bond donors (Lipinski definition) is 2. The Kier molecular flexibility index (Phi) is 4.96. The number of carbonyl (C=O) groups excluding carboxylic acids is 1. The van der Waals surface area contributed by atoms with Crippen LogP contribution in [0.5, 0.6) is 0 Å². The van der Waals surface area contributed by atoms with Gasteiger partial charge in [-0.2, -0.15) is 11.8 Å². The Morgan fingerprint density at radius 2 is 2.00 bits per heavy atom. The van der Waals surface area contributed by atoms with E-state index in [0.29, 0.717) is 17.2 Å². The zero-order valence-corrected chi connectivity index (χ0v) is 10.8. The first-order valence-electron chi connectivity index (χ1n) is 5.29. The fourth-order valence-electron chi connectivity index (χ4n) is 1.14. The fraction of sp³-hybridized carbons (Fsp3) is 0.417. The maximum Gasteiger partial charge on any atom is 0.234 e. The highest BCUT2D eigenvalue weighted by atomic mass is 32.2. The van der Waals surface area contributed by atoms with Crippen LogP contribution in [0, 0.1) is 5.82 Å². The summed E-state index contributed by atoms with van der Waals surface area (Å²) < 4.78 is 12.6. The second-order valence-corrected chi connectivity index (χ2v) is 5.52. The van der Waals surface area contributed by atoms with Gasteiger partial charge < -0.3 is 11.1 Å². The van der Waals surface area contributed by atoms with Crippen LogP contribution in [0.4, 0.5) is 10.1 Å². The van der Waals surface area contributed by atoms with Gasteiger partial charge in [-0.1, -0.05) is 0 Å². The largest absolute Gasteiger partial charge is 0.325 e. The third-order valence-corrected chi connectivity index (χ3v) is 3.25. The number of carbonyl (C=O) groups is 1. The Hall–Kier alpha value is -1.07. The lowest BCUT2D eigenvalue weighted by atomic mass is 10.1. The van der Waals surface area contributed by atoms with Crippen molar-refractivity contribution in [1.82, 2.24) is 0 Å². The molecule has 3 nitrogen and oxygen atoms in total. The first-order chi connectivity index (χ1) is 7.87. The number of rotatable bonds is 5. The van der Waals surface area contributed by atoms with Crippen molar-refractivity contribution < 1.29 is 9.18 Å². The third kappa shape index (κ3) is 6.28. The number of benzene rings is 1. The van der Waals surface area contributed by atoms with Gasteiger partial charge in [-0.15, -0.1) is 0 Å². The van der Waals surface area contributed by atoms with Crippen LogP contribution in [0.2, 0.25) is 0 Å². The summed E-state index contributed by atoms with van der Waals surface area (Å²) in [5.74, 6) is 0.634. The molecule has 0 aliphatic rings. The minimum atomic E-state index is -0.317. The monoisotopic (exact) mass is 256 g/mol. The maximum absolute atomic E-state index is 12.6. The van der Waals surface area contributed by atoms with E-state index in [2.05, 4.69) is 5.32 Å². The number of nitrogens with two attached hydrogens (primary N) is 1. The maximum atomic E-state index is 12.6. The predicted octanol–water partition coefficient (Wildman–Crippen LogP) is 2.23. The van der Waals surface area contributed by atoms with Crippen LogP contribution in [0.3, 0.4) is 0 Å². The summed E-state index contributed by atoms with van der Waals surface area (Å²) in [7, 11) is 0. The lowest BCUT2D eigenvalue weighted by Crippen LogP contribution is -2.35. The molecule has 5 heteroatoms. The standard InChI is InChI=1S/C12H17FN2OS/c1-12(2,14)8-17-7-11(16)15-10-5-3-9(13)4-6-10/h3-6H,7-8,14H2,1-2H3,(H,15,16). The Morgan fingerprint density at radius 3 is 2.53 bits per heavy atom. The average Bonchev–Trinajstić information content (AvgIpc) is 2.19. The van der Waals surface area contributed by atoms with Crippen molar-refractivity contribution in [3.8, 4) is 0 Å². The Labute approximate surface area is 105 Å². The van der Waals surface area contributed by atoms with E-state index < -0.39 is 0 Å². The molecule has 0 unspecified atom stereocenters. The van der Waals surface area contributed by atoms with Crippen molar-refractivity contribution in [3.63, 3.8) is 0 Å². The molecule has 3 N–H and O–H groups in total. The molecule has 0 atom stereocenters. The number of amides is 1. The lowest BCUT2D eigenvalue weighted by Gasteiger charge is -2.17. The van der Waals surface area contributed by atoms with Crippen LogP contribution < -0.4 is 11.1 Å². The predicted molar refractivity (Wildman–Crippen MR) is 70.6 cm³/mol. The molecule has 0 aliphatic heterocycles. The summed E-state index contributed by atoms with van der Waals surface area (Å²) in [6.07, 6.45) is 0. The summed E-state index contributed by atoms with van der Waals surface area (Å²) in [4.78, 5) is 11.5. The SMILES string of the molecule is CC(C)(N)CSCC(=O)Nc1ccc(F)cc1. The van der Waals surface area contributed by atoms with E-state index >= 15 is 0 Å². The lowest BCUT2D eigenvalue weighted by molar-refractivity contribution is -0.113. The van der Waals surface area contributed by atoms with E-state index in [0.717, 1.165) is 0 Å². The van der Waals surface area contributed by atoms with E-state index in [1.807, 2.05) is 13.8 Å². The Bertz CT molecular complexity index is 373. The summed E-state index contributed by atoms with van der Waals surface area (Å²) in [5.41, 5.74) is 6.12. The molecule has 0 spiro atoms. The number of hydrogen-bond acceptors (Lipinski definition) is 3. The molecule has 1 aromatic carbocycles. The summed E-state index contributed by atoms with van der Waals surface area (Å²) in [6, 6.07) is 5.69. The van der Waals surface area contributed by atoms with Crippen molar-refractivity contribution in [2.45, 2.75) is 19.4 Å². The zero-order chi connectivity index (χ0) is 12.9. The average molecular weight is 256 g/mol. The molecule has 0 bridgehead atoms. The minimum absolute atomic E-state index is 0.106. The van der Waals surface area contributed by atoms with E-state index in [9.17, 15) is 9.18 Å². The molecule has 94 valence electrons. The highest BCUT2D eigenvalue weighted by Gasteiger charge is 2.11. The molecule has 1 aromatic rings. The van der Waals surface area contributed by atoms with E-state index in [1.165, 1.54) is 36.0 Å². The summed E-state index contributed by atoms with van der Waals surface area (Å²) in [6.45, 7) is 3.83. The second-order valence-electron chi connectivity index (χ2n) is 4.54. The Morgan fingerprint density at radius 1 is 1.41 bits per heavy atom. The number of anilines is 1. The fourth-order valence-corrected chi connectivity index (χ4v) is 2.02. The quantitative estimate of drug-likeness (QED) is 0.849. The zero-order valence-electron chi connectivity index (χ0n) is 10.00. The first-order valence-corrected chi connectivity index (χ1v) is 6.44. The van der Waals surface area contributed by atoms with Gasteiger partial charge in [0.15, 0.2) is 0 Å². The van der Waals surface area contributed by atoms with Gasteiger partial charge in [0.05, 0.1) is 5.75 Å². The summed E-state index contributed by atoms with van der Waals surface area (Å²) in [5, 5.41) is 2.69. The van der Waals surface area contributed by atoms with Gasteiger partial charge >= 0.3 is 0 Å². The van der Waals surface area contributed by atoms with Gasteiger partial charge in [-0.25, -0.2) is 4.39 Å². The van der Waals surface area contributed by atoms with Crippen LogP contribution in [0.1, 0.15) is 13.8 Å². The van der Waals surface area contributed by atoms with Crippen LogP contribution in [-0.2, 0) is 4.79 Å². The van der Waals surface area contributed by atoms with Crippen molar-refractivity contribution in [3.05, 3.63) is 30.1 Å². The summed E-state index contributed by atoms with van der Waals surface area (Å²) >= 11 is 1.48. The minimum Gasteiger partial charge on any atom is -0.325 e. The molecule has 0 fully saturated rings. The topological polar surface area (TPSA) is 55.1 Å². The number of thioether (sulfide) groups is 1. The van der Waals surface area contributed by atoms with Crippen molar-refractivity contribution in [2.24, 2.45) is 5.73 Å². The van der Waals surface area contributed by atoms with E-state index in [4.69, 9.17) is 5.73 Å². The molecule has 0 radical (unpaired) electrons. The molecule has 0 aliphatic carbocycles. The molecule has 0 heterocycles. The Balaban J connectivity index is 2.32. The first kappa shape index (κ1) is 14.0. The van der Waals surface area contributed by atoms with Crippen molar-refractivity contribution in [1.29, 1.82) is 0 Å². The van der Waals surface area contributed by atoms with E-state index in [1.54, 1.807) is 0 Å². The molecule has 0 saturated carbocycles. The third-order valence-electron chi connectivity index (χ3n) is 1.84. The van der Waals surface area contributed by atoms with Crippen LogP contribution in [0.25, 0.3) is 0 Å². The van der Waals surface area contributed by atoms with E-state index in [-0.39, 0.29) is 17.3 Å². The van der Waals surface area contributed by atoms with Crippen LogP contribution >= 0.6 is 11.8 Å². The van der Waals surface area contributed by atoms with Gasteiger partial charge in [0, 0.05) is 17.0 Å². The molecule has 17 heavy (non-hydrogen) atoms. The van der Waals surface area contributed by atoms with Gasteiger partial charge in [0.1, 0.15) is 5.82 Å². The smallest absolute Gasteiger partial charge is 0.234 e. The van der Waals surface area contributed by atoms with Gasteiger partial charge in [0.25, 0.3) is 0 Å².